The molecule has 7 heteroatoms. The summed E-state index contributed by atoms with van der Waals surface area (Å²) in [6, 6.07) is 6.98. The fourth-order valence-electron chi connectivity index (χ4n) is 1.97. The molecule has 2 N–H and O–H groups in total. The van der Waals surface area contributed by atoms with Crippen LogP contribution in [0.5, 0.6) is 0 Å². The Bertz CT molecular complexity index is 612. The van der Waals surface area contributed by atoms with Gasteiger partial charge in [-0.15, -0.1) is 0 Å². The summed E-state index contributed by atoms with van der Waals surface area (Å²) < 4.78 is 26.0. The number of unbranched alkanes of at least 4 members (excludes halogenated alkanes) is 1. The maximum atomic E-state index is 12.4. The minimum absolute atomic E-state index is 0.304. The maximum Gasteiger partial charge on any atom is 0.242 e. The molecule has 1 aromatic rings. The normalized spacial score (nSPS) is 12.5. The van der Waals surface area contributed by atoms with Crippen LogP contribution in [0.25, 0.3) is 0 Å². The zero-order valence-electron chi connectivity index (χ0n) is 14.5. The van der Waals surface area contributed by atoms with E-state index in [-0.39, 0.29) is 0 Å². The van der Waals surface area contributed by atoms with Crippen molar-refractivity contribution in [2.75, 3.05) is 27.2 Å². The number of nitrogens with zero attached hydrogens (tertiary/aromatic N) is 2. The van der Waals surface area contributed by atoms with Gasteiger partial charge in [-0.1, -0.05) is 31.5 Å². The molecule has 0 spiro atoms. The number of guanidine groups is 1. The summed E-state index contributed by atoms with van der Waals surface area (Å²) in [4.78, 5) is 4.80. The van der Waals surface area contributed by atoms with Crippen molar-refractivity contribution >= 4 is 16.0 Å². The SMILES string of the molecule is CCCCNC(=NCc1ccccc1S(=O)(=O)N(C)C)NCC. The van der Waals surface area contributed by atoms with Crippen molar-refractivity contribution in [3.05, 3.63) is 29.8 Å². The van der Waals surface area contributed by atoms with Crippen molar-refractivity contribution < 1.29 is 8.42 Å². The molecule has 130 valence electrons. The summed E-state index contributed by atoms with van der Waals surface area (Å²) in [6.45, 7) is 6.05. The van der Waals surface area contributed by atoms with Crippen LogP contribution in [0.15, 0.2) is 34.2 Å². The molecule has 0 aliphatic carbocycles. The van der Waals surface area contributed by atoms with Crippen molar-refractivity contribution in [1.29, 1.82) is 0 Å². The Hall–Kier alpha value is -1.60. The Morgan fingerprint density at radius 3 is 2.48 bits per heavy atom. The molecule has 0 aliphatic heterocycles. The molecule has 6 nitrogen and oxygen atoms in total. The van der Waals surface area contributed by atoms with Crippen LogP contribution in [-0.4, -0.2) is 45.9 Å². The van der Waals surface area contributed by atoms with Gasteiger partial charge in [0.2, 0.25) is 10.0 Å². The Morgan fingerprint density at radius 1 is 1.17 bits per heavy atom. The molecule has 0 aliphatic rings. The second-order valence-electron chi connectivity index (χ2n) is 5.37. The van der Waals surface area contributed by atoms with Gasteiger partial charge >= 0.3 is 0 Å². The summed E-state index contributed by atoms with van der Waals surface area (Å²) in [5, 5.41) is 6.42. The van der Waals surface area contributed by atoms with Gasteiger partial charge in [0, 0.05) is 27.2 Å². The van der Waals surface area contributed by atoms with Gasteiger partial charge in [0.15, 0.2) is 5.96 Å². The molecule has 0 fully saturated rings. The summed E-state index contributed by atoms with van der Waals surface area (Å²) >= 11 is 0. The average Bonchev–Trinajstić information content (AvgIpc) is 2.53. The second-order valence-corrected chi connectivity index (χ2v) is 7.49. The van der Waals surface area contributed by atoms with Gasteiger partial charge in [-0.2, -0.15) is 0 Å². The Labute approximate surface area is 140 Å². The fourth-order valence-corrected chi connectivity index (χ4v) is 3.08. The number of aliphatic imine (C=N–C) groups is 1. The number of nitrogens with one attached hydrogen (secondary N) is 2. The molecule has 0 heterocycles. The summed E-state index contributed by atoms with van der Waals surface area (Å²) in [7, 11) is -0.398. The number of hydrogen-bond acceptors (Lipinski definition) is 3. The Kier molecular flexibility index (Phi) is 8.05. The van der Waals surface area contributed by atoms with Gasteiger partial charge in [0.1, 0.15) is 0 Å². The molecular weight excluding hydrogens is 312 g/mol. The van der Waals surface area contributed by atoms with Crippen molar-refractivity contribution in [2.24, 2.45) is 4.99 Å². The van der Waals surface area contributed by atoms with Crippen LogP contribution in [0.4, 0.5) is 0 Å². The van der Waals surface area contributed by atoms with Gasteiger partial charge in [-0.3, -0.25) is 0 Å². The van der Waals surface area contributed by atoms with Gasteiger partial charge in [0.25, 0.3) is 0 Å². The highest BCUT2D eigenvalue weighted by molar-refractivity contribution is 7.89. The molecule has 0 atom stereocenters. The molecule has 0 radical (unpaired) electrons. The zero-order valence-corrected chi connectivity index (χ0v) is 15.3. The molecule has 0 amide bonds. The third-order valence-electron chi connectivity index (χ3n) is 3.31. The van der Waals surface area contributed by atoms with E-state index >= 15 is 0 Å². The lowest BCUT2D eigenvalue weighted by molar-refractivity contribution is 0.519. The van der Waals surface area contributed by atoms with Crippen molar-refractivity contribution in [1.82, 2.24) is 14.9 Å². The number of hydrogen-bond donors (Lipinski definition) is 2. The highest BCUT2D eigenvalue weighted by atomic mass is 32.2. The largest absolute Gasteiger partial charge is 0.357 e. The third-order valence-corrected chi connectivity index (χ3v) is 5.22. The quantitative estimate of drug-likeness (QED) is 0.430. The molecule has 23 heavy (non-hydrogen) atoms. The molecule has 1 rings (SSSR count). The van der Waals surface area contributed by atoms with Gasteiger partial charge in [0.05, 0.1) is 11.4 Å². The summed E-state index contributed by atoms with van der Waals surface area (Å²) in [5.41, 5.74) is 0.689. The molecule has 1 aromatic carbocycles. The Morgan fingerprint density at radius 2 is 1.87 bits per heavy atom. The maximum absolute atomic E-state index is 12.4. The van der Waals surface area contributed by atoms with Crippen molar-refractivity contribution in [3.8, 4) is 0 Å². The first-order chi connectivity index (χ1) is 10.9. The Balaban J connectivity index is 2.97. The van der Waals surface area contributed by atoms with Crippen LogP contribution in [0.2, 0.25) is 0 Å². The van der Waals surface area contributed by atoms with E-state index in [0.29, 0.717) is 23.0 Å². The lowest BCUT2D eigenvalue weighted by Gasteiger charge is -2.15. The number of benzene rings is 1. The summed E-state index contributed by atoms with van der Waals surface area (Å²) in [6.07, 6.45) is 2.17. The van der Waals surface area contributed by atoms with E-state index in [9.17, 15) is 8.42 Å². The van der Waals surface area contributed by atoms with Crippen LogP contribution >= 0.6 is 0 Å². The zero-order chi connectivity index (χ0) is 17.3. The topological polar surface area (TPSA) is 73.8 Å². The number of sulfonamides is 1. The first kappa shape index (κ1) is 19.4. The summed E-state index contributed by atoms with van der Waals surface area (Å²) in [5.74, 6) is 0.706. The molecular formula is C16H28N4O2S. The van der Waals surface area contributed by atoms with Crippen LogP contribution in [0.3, 0.4) is 0 Å². The van der Waals surface area contributed by atoms with E-state index in [1.165, 1.54) is 18.4 Å². The standard InChI is InChI=1S/C16H28N4O2S/c1-5-7-12-18-16(17-6-2)19-13-14-10-8-9-11-15(14)23(21,22)20(3)4/h8-11H,5-7,12-13H2,1-4H3,(H2,17,18,19). The molecule has 0 saturated carbocycles. The lowest BCUT2D eigenvalue weighted by atomic mass is 10.2. The fraction of sp³-hybridized carbons (Fsp3) is 0.562. The number of rotatable bonds is 8. The van der Waals surface area contributed by atoms with E-state index in [4.69, 9.17) is 0 Å². The van der Waals surface area contributed by atoms with Crippen molar-refractivity contribution in [2.45, 2.75) is 38.1 Å². The smallest absolute Gasteiger partial charge is 0.242 e. The second kappa shape index (κ2) is 9.52. The molecule has 0 aromatic heterocycles. The van der Waals surface area contributed by atoms with Crippen LogP contribution in [-0.2, 0) is 16.6 Å². The molecule has 0 saturated heterocycles. The molecule has 0 unspecified atom stereocenters. The minimum atomic E-state index is -3.47. The highest BCUT2D eigenvalue weighted by Gasteiger charge is 2.20. The van der Waals surface area contributed by atoms with E-state index in [0.717, 1.165) is 25.9 Å². The minimum Gasteiger partial charge on any atom is -0.357 e. The van der Waals surface area contributed by atoms with Crippen LogP contribution in [0.1, 0.15) is 32.3 Å². The monoisotopic (exact) mass is 340 g/mol. The lowest BCUT2D eigenvalue weighted by Crippen LogP contribution is -2.37. The average molecular weight is 340 g/mol. The molecule has 0 bridgehead atoms. The van der Waals surface area contributed by atoms with Gasteiger partial charge < -0.3 is 10.6 Å². The van der Waals surface area contributed by atoms with Gasteiger partial charge in [-0.05, 0) is 25.0 Å². The van der Waals surface area contributed by atoms with E-state index in [2.05, 4.69) is 22.5 Å². The first-order valence-electron chi connectivity index (χ1n) is 7.96. The van der Waals surface area contributed by atoms with E-state index in [1.54, 1.807) is 18.2 Å². The first-order valence-corrected chi connectivity index (χ1v) is 9.40. The van der Waals surface area contributed by atoms with E-state index < -0.39 is 10.0 Å². The highest BCUT2D eigenvalue weighted by Crippen LogP contribution is 2.19. The predicted octanol–water partition coefficient (Wildman–Crippen LogP) is 1.79. The third kappa shape index (κ3) is 5.84. The van der Waals surface area contributed by atoms with Crippen molar-refractivity contribution in [3.63, 3.8) is 0 Å². The van der Waals surface area contributed by atoms with E-state index in [1.807, 2.05) is 13.0 Å². The van der Waals surface area contributed by atoms with Crippen LogP contribution in [0, 0.1) is 0 Å². The van der Waals surface area contributed by atoms with Gasteiger partial charge in [-0.25, -0.2) is 17.7 Å². The van der Waals surface area contributed by atoms with Crippen LogP contribution < -0.4 is 10.6 Å². The predicted molar refractivity (Wildman–Crippen MR) is 95.0 cm³/mol.